The Kier molecular flexibility index (Phi) is 6.90. The number of carbonyl (C=O) groups excluding carboxylic acids is 1. The number of benzene rings is 2. The van der Waals surface area contributed by atoms with Gasteiger partial charge in [0.2, 0.25) is 0 Å². The van der Waals surface area contributed by atoms with E-state index in [1.165, 1.54) is 23.1 Å². The number of ether oxygens (including phenoxy) is 1. The predicted octanol–water partition coefficient (Wildman–Crippen LogP) is 3.77. The van der Waals surface area contributed by atoms with E-state index in [1.807, 2.05) is 6.07 Å². The number of amides is 1. The third-order valence-corrected chi connectivity index (χ3v) is 4.38. The number of hydrogen-bond donors (Lipinski definition) is 0. The van der Waals surface area contributed by atoms with Gasteiger partial charge < -0.3 is 9.64 Å². The minimum absolute atomic E-state index is 0.0147. The van der Waals surface area contributed by atoms with Gasteiger partial charge >= 0.3 is 0 Å². The van der Waals surface area contributed by atoms with Crippen LogP contribution in [0, 0.1) is 25.0 Å². The first-order valence-electron chi connectivity index (χ1n) is 7.81. The molecule has 0 aromatic heterocycles. The van der Waals surface area contributed by atoms with E-state index in [1.54, 1.807) is 44.4 Å². The monoisotopic (exact) mass is 477 g/mol. The highest BCUT2D eigenvalue weighted by Gasteiger charge is 2.12. The molecular formula is C19H16IN3O4. The van der Waals surface area contributed by atoms with Crippen LogP contribution in [0.15, 0.2) is 48.0 Å². The predicted molar refractivity (Wildman–Crippen MR) is 109 cm³/mol. The van der Waals surface area contributed by atoms with Gasteiger partial charge in [-0.2, -0.15) is 5.26 Å². The summed E-state index contributed by atoms with van der Waals surface area (Å²) >= 11 is 2.09. The number of halogens is 1. The van der Waals surface area contributed by atoms with Crippen LogP contribution in [0.25, 0.3) is 6.08 Å². The van der Waals surface area contributed by atoms with E-state index < -0.39 is 4.92 Å². The Bertz CT molecular complexity index is 948. The number of hydrogen-bond acceptors (Lipinski definition) is 5. The van der Waals surface area contributed by atoms with Crippen molar-refractivity contribution in [3.63, 3.8) is 0 Å². The minimum atomic E-state index is -0.448. The molecule has 0 aliphatic rings. The number of nitrogens with zero attached hydrogens (tertiary/aromatic N) is 3. The highest BCUT2D eigenvalue weighted by atomic mass is 127. The molecule has 0 radical (unpaired) electrons. The summed E-state index contributed by atoms with van der Waals surface area (Å²) in [7, 11) is 3.17. The molecule has 0 fully saturated rings. The zero-order chi connectivity index (χ0) is 20.0. The largest absolute Gasteiger partial charge is 0.488 e. The van der Waals surface area contributed by atoms with Crippen molar-refractivity contribution in [1.29, 1.82) is 5.26 Å². The van der Waals surface area contributed by atoms with Gasteiger partial charge in [-0.15, -0.1) is 0 Å². The molecule has 0 N–H and O–H groups in total. The Hall–Kier alpha value is -2.93. The standard InChI is InChI=1S/C19H16IN3O4/c1-22(2)19(24)15(11-21)8-13-6-7-18(17(20)10-13)27-12-14-4-3-5-16(9-14)23(25)26/h3-10H,12H2,1-2H3/b15-8-. The van der Waals surface area contributed by atoms with Crippen LogP contribution in [0.4, 0.5) is 5.69 Å². The van der Waals surface area contributed by atoms with Crippen molar-refractivity contribution in [1.82, 2.24) is 4.90 Å². The number of carbonyl (C=O) groups is 1. The molecule has 0 spiro atoms. The van der Waals surface area contributed by atoms with Gasteiger partial charge in [0.25, 0.3) is 11.6 Å². The lowest BCUT2D eigenvalue weighted by Crippen LogP contribution is -2.22. The van der Waals surface area contributed by atoms with Crippen molar-refractivity contribution in [2.24, 2.45) is 0 Å². The average Bonchev–Trinajstić information content (AvgIpc) is 2.65. The normalized spacial score (nSPS) is 10.8. The Morgan fingerprint density at radius 2 is 2.07 bits per heavy atom. The molecule has 2 aromatic carbocycles. The SMILES string of the molecule is CN(C)C(=O)/C(C#N)=C\c1ccc(OCc2cccc([N+](=O)[O-])c2)c(I)c1. The summed E-state index contributed by atoms with van der Waals surface area (Å²) in [5.74, 6) is 0.246. The first kappa shape index (κ1) is 20.4. The average molecular weight is 477 g/mol. The van der Waals surface area contributed by atoms with Crippen molar-refractivity contribution in [2.75, 3.05) is 14.1 Å². The number of likely N-dealkylation sites (N-methyl/N-ethyl adjacent to an activating group) is 1. The Morgan fingerprint density at radius 3 is 2.67 bits per heavy atom. The molecule has 138 valence electrons. The maximum atomic E-state index is 11.9. The van der Waals surface area contributed by atoms with Gasteiger partial charge in [-0.25, -0.2) is 0 Å². The Balaban J connectivity index is 2.15. The third kappa shape index (κ3) is 5.52. The summed E-state index contributed by atoms with van der Waals surface area (Å²) < 4.78 is 6.53. The maximum absolute atomic E-state index is 11.9. The van der Waals surface area contributed by atoms with Gasteiger partial charge in [-0.05, 0) is 51.9 Å². The number of nitro groups is 1. The second kappa shape index (κ2) is 9.14. The molecule has 0 aliphatic heterocycles. The van der Waals surface area contributed by atoms with Gasteiger partial charge in [0.15, 0.2) is 0 Å². The first-order chi connectivity index (χ1) is 12.8. The summed E-state index contributed by atoms with van der Waals surface area (Å²) in [4.78, 5) is 23.7. The van der Waals surface area contributed by atoms with Crippen molar-refractivity contribution in [2.45, 2.75) is 6.61 Å². The molecule has 0 atom stereocenters. The van der Waals surface area contributed by atoms with Gasteiger partial charge in [-0.1, -0.05) is 18.2 Å². The van der Waals surface area contributed by atoms with Gasteiger partial charge in [0.1, 0.15) is 24.0 Å². The maximum Gasteiger partial charge on any atom is 0.269 e. The molecule has 7 nitrogen and oxygen atoms in total. The molecule has 0 heterocycles. The first-order valence-corrected chi connectivity index (χ1v) is 8.89. The summed E-state index contributed by atoms with van der Waals surface area (Å²) in [6, 6.07) is 13.4. The molecule has 2 rings (SSSR count). The van der Waals surface area contributed by atoms with Gasteiger partial charge in [0, 0.05) is 26.2 Å². The Morgan fingerprint density at radius 1 is 1.33 bits per heavy atom. The van der Waals surface area contributed by atoms with Crippen LogP contribution in [0.3, 0.4) is 0 Å². The van der Waals surface area contributed by atoms with E-state index in [4.69, 9.17) is 10.00 Å². The smallest absolute Gasteiger partial charge is 0.269 e. The lowest BCUT2D eigenvalue weighted by Gasteiger charge is -2.10. The topological polar surface area (TPSA) is 96.5 Å². The van der Waals surface area contributed by atoms with E-state index in [0.717, 1.165) is 3.57 Å². The summed E-state index contributed by atoms with van der Waals surface area (Å²) in [5, 5.41) is 20.0. The molecule has 0 bridgehead atoms. The van der Waals surface area contributed by atoms with Gasteiger partial charge in [0.05, 0.1) is 8.49 Å². The highest BCUT2D eigenvalue weighted by Crippen LogP contribution is 2.25. The zero-order valence-electron chi connectivity index (χ0n) is 14.7. The summed E-state index contributed by atoms with van der Waals surface area (Å²) in [6.07, 6.45) is 1.52. The number of non-ortho nitro benzene ring substituents is 1. The van der Waals surface area contributed by atoms with Crippen molar-refractivity contribution < 1.29 is 14.5 Å². The quantitative estimate of drug-likeness (QED) is 0.208. The lowest BCUT2D eigenvalue weighted by atomic mass is 10.1. The van der Waals surface area contributed by atoms with E-state index in [2.05, 4.69) is 22.6 Å². The van der Waals surface area contributed by atoms with Crippen LogP contribution in [-0.2, 0) is 11.4 Å². The van der Waals surface area contributed by atoms with Crippen molar-refractivity contribution in [3.8, 4) is 11.8 Å². The van der Waals surface area contributed by atoms with E-state index in [9.17, 15) is 14.9 Å². The second-order valence-corrected chi connectivity index (χ2v) is 6.94. The third-order valence-electron chi connectivity index (χ3n) is 3.54. The van der Waals surface area contributed by atoms with Gasteiger partial charge in [-0.3, -0.25) is 14.9 Å². The second-order valence-electron chi connectivity index (χ2n) is 5.77. The fraction of sp³-hybridized carbons (Fsp3) is 0.158. The molecule has 27 heavy (non-hydrogen) atoms. The van der Waals surface area contributed by atoms with E-state index in [-0.39, 0.29) is 23.8 Å². The lowest BCUT2D eigenvalue weighted by molar-refractivity contribution is -0.384. The molecule has 2 aromatic rings. The highest BCUT2D eigenvalue weighted by molar-refractivity contribution is 14.1. The molecule has 0 unspecified atom stereocenters. The molecular weight excluding hydrogens is 461 g/mol. The Labute approximate surface area is 170 Å². The number of nitro benzene ring substituents is 1. The molecule has 0 saturated heterocycles. The van der Waals surface area contributed by atoms with Crippen LogP contribution >= 0.6 is 22.6 Å². The van der Waals surface area contributed by atoms with Crippen LogP contribution in [0.2, 0.25) is 0 Å². The molecule has 0 saturated carbocycles. The van der Waals surface area contributed by atoms with Crippen LogP contribution in [0.5, 0.6) is 5.75 Å². The zero-order valence-corrected chi connectivity index (χ0v) is 16.8. The summed E-state index contributed by atoms with van der Waals surface area (Å²) in [6.45, 7) is 0.190. The fourth-order valence-corrected chi connectivity index (χ4v) is 2.89. The van der Waals surface area contributed by atoms with Crippen LogP contribution < -0.4 is 4.74 Å². The van der Waals surface area contributed by atoms with Crippen LogP contribution in [0.1, 0.15) is 11.1 Å². The van der Waals surface area contributed by atoms with E-state index >= 15 is 0 Å². The number of rotatable bonds is 6. The molecule has 0 aliphatic carbocycles. The summed E-state index contributed by atoms with van der Waals surface area (Å²) in [5.41, 5.74) is 1.45. The number of nitriles is 1. The van der Waals surface area contributed by atoms with Crippen molar-refractivity contribution >= 4 is 40.3 Å². The molecule has 1 amide bonds. The van der Waals surface area contributed by atoms with E-state index in [0.29, 0.717) is 16.9 Å². The fourth-order valence-electron chi connectivity index (χ4n) is 2.19. The molecule has 8 heteroatoms. The van der Waals surface area contributed by atoms with Crippen molar-refractivity contribution in [3.05, 3.63) is 72.8 Å². The minimum Gasteiger partial charge on any atom is -0.488 e. The van der Waals surface area contributed by atoms with Crippen LogP contribution in [-0.4, -0.2) is 29.8 Å².